The summed E-state index contributed by atoms with van der Waals surface area (Å²) in [6.45, 7) is 2.00. The van der Waals surface area contributed by atoms with Crippen molar-refractivity contribution in [3.05, 3.63) is 41.1 Å². The summed E-state index contributed by atoms with van der Waals surface area (Å²) in [7, 11) is 0. The molecule has 1 aromatic heterocycles. The number of imide groups is 2. The molecule has 0 atom stereocenters. The molecule has 1 aliphatic heterocycles. The zero-order valence-electron chi connectivity index (χ0n) is 16.8. The predicted molar refractivity (Wildman–Crippen MR) is 111 cm³/mol. The Morgan fingerprint density at radius 3 is 2.63 bits per heavy atom. The first kappa shape index (κ1) is 19.9. The van der Waals surface area contributed by atoms with Crippen molar-refractivity contribution in [2.24, 2.45) is 5.73 Å². The quantitative estimate of drug-likeness (QED) is 0.582. The van der Waals surface area contributed by atoms with E-state index in [2.05, 4.69) is 5.32 Å². The van der Waals surface area contributed by atoms with Gasteiger partial charge in [0.05, 0.1) is 5.52 Å². The number of rotatable bonds is 5. The van der Waals surface area contributed by atoms with Crippen molar-refractivity contribution >= 4 is 40.7 Å². The standard InChI is InChI=1S/C22H24N4O4/c1-2-13-6-5-9-16-14(11-25(19(13)16)12-18(23)27)10-17-20(28)24-22(30)26(21(17)29)15-7-3-4-8-15/h5-6,9-11,15H,2-4,7-8,12H2,1H3,(H2,23,27)(H,24,28,30)/b17-10-. The monoisotopic (exact) mass is 408 g/mol. The van der Waals surface area contributed by atoms with Crippen LogP contribution in [0.1, 0.15) is 43.7 Å². The molecule has 0 bridgehead atoms. The number of hydrogen-bond donors (Lipinski definition) is 2. The largest absolute Gasteiger partial charge is 0.368 e. The van der Waals surface area contributed by atoms with Gasteiger partial charge in [-0.2, -0.15) is 0 Å². The highest BCUT2D eigenvalue weighted by molar-refractivity contribution is 6.31. The number of carbonyl (C=O) groups is 4. The number of primary amides is 1. The summed E-state index contributed by atoms with van der Waals surface area (Å²) in [6.07, 6.45) is 7.38. The van der Waals surface area contributed by atoms with Crippen LogP contribution >= 0.6 is 0 Å². The molecule has 8 heteroatoms. The predicted octanol–water partition coefficient (Wildman–Crippen LogP) is 2.09. The van der Waals surface area contributed by atoms with Gasteiger partial charge in [0.15, 0.2) is 0 Å². The zero-order chi connectivity index (χ0) is 21.4. The highest BCUT2D eigenvalue weighted by Crippen LogP contribution is 2.30. The van der Waals surface area contributed by atoms with Crippen molar-refractivity contribution in [1.29, 1.82) is 0 Å². The molecule has 156 valence electrons. The Morgan fingerprint density at radius 1 is 1.23 bits per heavy atom. The lowest BCUT2D eigenvalue weighted by Gasteiger charge is -2.31. The molecular formula is C22H24N4O4. The molecule has 1 saturated heterocycles. The van der Waals surface area contributed by atoms with Gasteiger partial charge in [-0.1, -0.05) is 38.0 Å². The summed E-state index contributed by atoms with van der Waals surface area (Å²) < 4.78 is 1.74. The highest BCUT2D eigenvalue weighted by Gasteiger charge is 2.40. The molecule has 1 saturated carbocycles. The third kappa shape index (κ3) is 3.38. The molecule has 2 heterocycles. The molecule has 30 heavy (non-hydrogen) atoms. The van der Waals surface area contributed by atoms with Crippen LogP contribution in [0.3, 0.4) is 0 Å². The number of urea groups is 1. The Labute approximate surface area is 173 Å². The van der Waals surface area contributed by atoms with Crippen molar-refractivity contribution in [3.8, 4) is 0 Å². The van der Waals surface area contributed by atoms with E-state index in [4.69, 9.17) is 5.73 Å². The van der Waals surface area contributed by atoms with Crippen LogP contribution in [0.15, 0.2) is 30.0 Å². The lowest BCUT2D eigenvalue weighted by Crippen LogP contribution is -2.57. The van der Waals surface area contributed by atoms with Crippen molar-refractivity contribution in [2.45, 2.75) is 51.6 Å². The van der Waals surface area contributed by atoms with Crippen LogP contribution in [0.4, 0.5) is 4.79 Å². The van der Waals surface area contributed by atoms with Crippen LogP contribution < -0.4 is 11.1 Å². The van der Waals surface area contributed by atoms with Gasteiger partial charge in [0.1, 0.15) is 12.1 Å². The minimum absolute atomic E-state index is 0.0104. The lowest BCUT2D eigenvalue weighted by atomic mass is 10.0. The molecular weight excluding hydrogens is 384 g/mol. The van der Waals surface area contributed by atoms with E-state index in [9.17, 15) is 19.2 Å². The van der Waals surface area contributed by atoms with Gasteiger partial charge in [0, 0.05) is 23.2 Å². The first-order chi connectivity index (χ1) is 14.4. The first-order valence-electron chi connectivity index (χ1n) is 10.2. The molecule has 0 radical (unpaired) electrons. The number of amides is 5. The van der Waals surface area contributed by atoms with E-state index in [1.807, 2.05) is 25.1 Å². The summed E-state index contributed by atoms with van der Waals surface area (Å²) in [4.78, 5) is 50.6. The smallest absolute Gasteiger partial charge is 0.331 e. The number of fused-ring (bicyclic) bond motifs is 1. The van der Waals surface area contributed by atoms with Gasteiger partial charge in [-0.3, -0.25) is 24.6 Å². The van der Waals surface area contributed by atoms with Gasteiger partial charge >= 0.3 is 6.03 Å². The number of barbiturate groups is 1. The number of nitrogens with zero attached hydrogens (tertiary/aromatic N) is 2. The SMILES string of the molecule is CCc1cccc2c(/C=C3/C(=O)NC(=O)N(C4CCCC4)C3=O)cn(CC(N)=O)c12. The number of nitrogens with one attached hydrogen (secondary N) is 1. The highest BCUT2D eigenvalue weighted by atomic mass is 16.2. The van der Waals surface area contributed by atoms with E-state index in [0.717, 1.165) is 48.6 Å². The molecule has 2 aliphatic rings. The summed E-state index contributed by atoms with van der Waals surface area (Å²) in [5, 5.41) is 3.11. The second-order valence-electron chi connectivity index (χ2n) is 7.78. The Kier molecular flexibility index (Phi) is 5.15. The minimum atomic E-state index is -0.707. The summed E-state index contributed by atoms with van der Waals surface area (Å²) in [6, 6.07) is 4.91. The Hall–Kier alpha value is -3.42. The van der Waals surface area contributed by atoms with Crippen molar-refractivity contribution in [3.63, 3.8) is 0 Å². The van der Waals surface area contributed by atoms with E-state index in [1.165, 1.54) is 11.0 Å². The van der Waals surface area contributed by atoms with E-state index >= 15 is 0 Å². The van der Waals surface area contributed by atoms with E-state index in [-0.39, 0.29) is 18.2 Å². The maximum atomic E-state index is 13.1. The second kappa shape index (κ2) is 7.78. The van der Waals surface area contributed by atoms with Crippen molar-refractivity contribution in [2.75, 3.05) is 0 Å². The van der Waals surface area contributed by atoms with Gasteiger partial charge < -0.3 is 10.3 Å². The fourth-order valence-corrected chi connectivity index (χ4v) is 4.48. The molecule has 0 unspecified atom stereocenters. The van der Waals surface area contributed by atoms with Gasteiger partial charge in [-0.25, -0.2) is 4.79 Å². The number of para-hydroxylation sites is 1. The number of hydrogen-bond acceptors (Lipinski definition) is 4. The molecule has 2 fully saturated rings. The number of nitrogens with two attached hydrogens (primary N) is 1. The maximum absolute atomic E-state index is 13.1. The molecule has 8 nitrogen and oxygen atoms in total. The topological polar surface area (TPSA) is 114 Å². The summed E-state index contributed by atoms with van der Waals surface area (Å²) in [5.74, 6) is -1.76. The van der Waals surface area contributed by atoms with Crippen LogP contribution in [0, 0.1) is 0 Å². The summed E-state index contributed by atoms with van der Waals surface area (Å²) >= 11 is 0. The Balaban J connectivity index is 1.81. The zero-order valence-corrected chi connectivity index (χ0v) is 16.8. The number of aromatic nitrogens is 1. The molecule has 4 rings (SSSR count). The maximum Gasteiger partial charge on any atom is 0.331 e. The number of aryl methyl sites for hydroxylation is 1. The van der Waals surface area contributed by atoms with Crippen LogP contribution in [-0.4, -0.2) is 39.3 Å². The lowest BCUT2D eigenvalue weighted by molar-refractivity contribution is -0.131. The summed E-state index contributed by atoms with van der Waals surface area (Å²) in [5.41, 5.74) is 7.83. The van der Waals surface area contributed by atoms with Gasteiger partial charge in [0.25, 0.3) is 11.8 Å². The van der Waals surface area contributed by atoms with Crippen LogP contribution in [0.5, 0.6) is 0 Å². The minimum Gasteiger partial charge on any atom is -0.368 e. The fourth-order valence-electron chi connectivity index (χ4n) is 4.48. The molecule has 5 amide bonds. The third-order valence-corrected chi connectivity index (χ3v) is 5.84. The first-order valence-corrected chi connectivity index (χ1v) is 10.2. The normalized spacial score (nSPS) is 19.2. The average Bonchev–Trinajstić information content (AvgIpc) is 3.33. The van der Waals surface area contributed by atoms with Crippen LogP contribution in [0.2, 0.25) is 0 Å². The van der Waals surface area contributed by atoms with Crippen molar-refractivity contribution < 1.29 is 19.2 Å². The molecule has 1 aliphatic carbocycles. The van der Waals surface area contributed by atoms with E-state index in [1.54, 1.807) is 10.8 Å². The molecule has 0 spiro atoms. The Morgan fingerprint density at radius 2 is 1.97 bits per heavy atom. The van der Waals surface area contributed by atoms with E-state index < -0.39 is 23.8 Å². The number of benzene rings is 1. The van der Waals surface area contributed by atoms with Crippen molar-refractivity contribution in [1.82, 2.24) is 14.8 Å². The number of carbonyl (C=O) groups excluding carboxylic acids is 4. The van der Waals surface area contributed by atoms with Gasteiger partial charge in [-0.15, -0.1) is 0 Å². The van der Waals surface area contributed by atoms with Gasteiger partial charge in [-0.05, 0) is 30.9 Å². The Bertz CT molecular complexity index is 1090. The molecule has 2 aromatic rings. The van der Waals surface area contributed by atoms with Crippen LogP contribution in [0.25, 0.3) is 17.0 Å². The average molecular weight is 408 g/mol. The molecule has 1 aromatic carbocycles. The van der Waals surface area contributed by atoms with Gasteiger partial charge in [0.2, 0.25) is 5.91 Å². The van der Waals surface area contributed by atoms with Crippen LogP contribution in [-0.2, 0) is 27.3 Å². The second-order valence-corrected chi connectivity index (χ2v) is 7.78. The molecule has 3 N–H and O–H groups in total. The fraction of sp³-hybridized carbons (Fsp3) is 0.364. The van der Waals surface area contributed by atoms with E-state index in [0.29, 0.717) is 5.56 Å². The third-order valence-electron chi connectivity index (χ3n) is 5.84.